The smallest absolute Gasteiger partial charge is 0.261 e. The Bertz CT molecular complexity index is 1030. The highest BCUT2D eigenvalue weighted by Crippen LogP contribution is 2.28. The minimum atomic E-state index is -0.0101. The van der Waals surface area contributed by atoms with Crippen LogP contribution in [0, 0.1) is 0 Å². The van der Waals surface area contributed by atoms with E-state index in [1.807, 2.05) is 24.3 Å². The Kier molecular flexibility index (Phi) is 3.34. The number of hydrogen-bond donors (Lipinski definition) is 1. The van der Waals surface area contributed by atoms with Gasteiger partial charge in [-0.05, 0) is 54.0 Å². The predicted octanol–water partition coefficient (Wildman–Crippen LogP) is 2.93. The minimum absolute atomic E-state index is 0.0101. The number of fused-ring (bicyclic) bond motifs is 2. The predicted molar refractivity (Wildman–Crippen MR) is 95.9 cm³/mol. The molecule has 1 aliphatic rings. The zero-order chi connectivity index (χ0) is 16.7. The van der Waals surface area contributed by atoms with Crippen LogP contribution < -0.4 is 16.0 Å². The van der Waals surface area contributed by atoms with Gasteiger partial charge in [-0.2, -0.15) is 0 Å². The maximum Gasteiger partial charge on any atom is 0.261 e. The van der Waals surface area contributed by atoms with Crippen molar-refractivity contribution < 1.29 is 4.74 Å². The topological polar surface area (TPSA) is 70.1 Å². The molecule has 0 saturated heterocycles. The second-order valence-electron chi connectivity index (χ2n) is 5.86. The van der Waals surface area contributed by atoms with Crippen molar-refractivity contribution in [2.75, 3.05) is 12.8 Å². The largest absolute Gasteiger partial charge is 0.497 e. The monoisotopic (exact) mass is 319 g/mol. The molecule has 0 aliphatic carbocycles. The fourth-order valence-electron chi connectivity index (χ4n) is 3.10. The highest BCUT2D eigenvalue weighted by atomic mass is 16.5. The summed E-state index contributed by atoms with van der Waals surface area (Å²) in [5.41, 5.74) is 9.15. The Morgan fingerprint density at radius 1 is 1.25 bits per heavy atom. The van der Waals surface area contributed by atoms with Crippen LogP contribution in [0.25, 0.3) is 22.6 Å². The molecule has 0 spiro atoms. The molecule has 24 heavy (non-hydrogen) atoms. The number of anilines is 1. The molecule has 2 N–H and O–H groups in total. The highest BCUT2D eigenvalue weighted by molar-refractivity contribution is 5.86. The fourth-order valence-corrected chi connectivity index (χ4v) is 3.10. The van der Waals surface area contributed by atoms with E-state index >= 15 is 0 Å². The molecule has 0 fully saturated rings. The second-order valence-corrected chi connectivity index (χ2v) is 5.86. The first-order chi connectivity index (χ1) is 11.7. The van der Waals surface area contributed by atoms with E-state index in [-0.39, 0.29) is 5.56 Å². The lowest BCUT2D eigenvalue weighted by Crippen LogP contribution is -2.20. The van der Waals surface area contributed by atoms with Crippen LogP contribution in [0.3, 0.4) is 0 Å². The molecule has 3 aromatic rings. The SMILES string of the molecule is COc1cccc(/C=C2\CCn3c2nc2cc(N)ccc2c3=O)c1. The minimum Gasteiger partial charge on any atom is -0.497 e. The Morgan fingerprint density at radius 3 is 2.96 bits per heavy atom. The van der Waals surface area contributed by atoms with Gasteiger partial charge in [-0.1, -0.05) is 12.1 Å². The third-order valence-corrected chi connectivity index (χ3v) is 4.31. The lowest BCUT2D eigenvalue weighted by Gasteiger charge is -2.06. The Morgan fingerprint density at radius 2 is 2.12 bits per heavy atom. The van der Waals surface area contributed by atoms with E-state index in [1.54, 1.807) is 29.9 Å². The molecular weight excluding hydrogens is 302 g/mol. The van der Waals surface area contributed by atoms with Gasteiger partial charge in [-0.15, -0.1) is 0 Å². The Labute approximate surface area is 139 Å². The summed E-state index contributed by atoms with van der Waals surface area (Å²) >= 11 is 0. The van der Waals surface area contributed by atoms with Gasteiger partial charge in [0.25, 0.3) is 5.56 Å². The van der Waals surface area contributed by atoms with Crippen molar-refractivity contribution in [2.45, 2.75) is 13.0 Å². The number of ether oxygens (including phenoxy) is 1. The van der Waals surface area contributed by atoms with Crippen molar-refractivity contribution in [3.05, 3.63) is 64.2 Å². The van der Waals surface area contributed by atoms with E-state index in [0.29, 0.717) is 23.1 Å². The average molecular weight is 319 g/mol. The maximum absolute atomic E-state index is 12.7. The summed E-state index contributed by atoms with van der Waals surface area (Å²) in [4.78, 5) is 17.3. The summed E-state index contributed by atoms with van der Waals surface area (Å²) in [5, 5.41) is 0.607. The third kappa shape index (κ3) is 2.34. The molecule has 0 bridgehead atoms. The first-order valence-corrected chi connectivity index (χ1v) is 7.81. The number of nitrogen functional groups attached to an aromatic ring is 1. The summed E-state index contributed by atoms with van der Waals surface area (Å²) in [7, 11) is 1.65. The van der Waals surface area contributed by atoms with Crippen molar-refractivity contribution in [3.8, 4) is 5.75 Å². The van der Waals surface area contributed by atoms with Crippen LogP contribution in [0.4, 0.5) is 5.69 Å². The lowest BCUT2D eigenvalue weighted by atomic mass is 10.1. The van der Waals surface area contributed by atoms with Gasteiger partial charge in [-0.25, -0.2) is 4.98 Å². The van der Waals surface area contributed by atoms with Crippen LogP contribution in [-0.4, -0.2) is 16.7 Å². The molecule has 2 aromatic carbocycles. The van der Waals surface area contributed by atoms with Gasteiger partial charge in [-0.3, -0.25) is 9.36 Å². The number of nitrogens with zero attached hydrogens (tertiary/aromatic N) is 2. The molecule has 0 amide bonds. The normalized spacial score (nSPS) is 15.0. The first-order valence-electron chi connectivity index (χ1n) is 7.81. The van der Waals surface area contributed by atoms with Crippen molar-refractivity contribution >= 4 is 28.2 Å². The zero-order valence-electron chi connectivity index (χ0n) is 13.3. The fraction of sp³-hybridized carbons (Fsp3) is 0.158. The molecule has 120 valence electrons. The molecule has 1 aromatic heterocycles. The summed E-state index contributed by atoms with van der Waals surface area (Å²) in [5.74, 6) is 1.53. The quantitative estimate of drug-likeness (QED) is 0.737. The molecule has 0 atom stereocenters. The molecule has 0 saturated carbocycles. The average Bonchev–Trinajstić information content (AvgIpc) is 2.98. The van der Waals surface area contributed by atoms with Crippen LogP contribution in [0.2, 0.25) is 0 Å². The highest BCUT2D eigenvalue weighted by Gasteiger charge is 2.20. The van der Waals surface area contributed by atoms with Crippen molar-refractivity contribution in [2.24, 2.45) is 0 Å². The standard InChI is InChI=1S/C19H17N3O2/c1-24-15-4-2-3-12(10-15)9-13-7-8-22-18(13)21-17-11-14(20)5-6-16(17)19(22)23/h2-6,9-11H,7-8,20H2,1H3/b13-9+. The lowest BCUT2D eigenvalue weighted by molar-refractivity contribution is 0.414. The van der Waals surface area contributed by atoms with Crippen LogP contribution in [-0.2, 0) is 6.54 Å². The second kappa shape index (κ2) is 5.53. The first kappa shape index (κ1) is 14.5. The van der Waals surface area contributed by atoms with Gasteiger partial charge in [0.1, 0.15) is 11.6 Å². The van der Waals surface area contributed by atoms with Gasteiger partial charge >= 0.3 is 0 Å². The Hall–Kier alpha value is -3.08. The molecule has 4 rings (SSSR count). The summed E-state index contributed by atoms with van der Waals surface area (Å²) in [6, 6.07) is 13.1. The van der Waals surface area contributed by atoms with E-state index in [0.717, 1.165) is 29.1 Å². The molecule has 2 heterocycles. The number of nitrogens with two attached hydrogens (primary N) is 1. The van der Waals surface area contributed by atoms with E-state index < -0.39 is 0 Å². The van der Waals surface area contributed by atoms with Crippen molar-refractivity contribution in [1.29, 1.82) is 0 Å². The van der Waals surface area contributed by atoms with Crippen LogP contribution in [0.15, 0.2) is 47.3 Å². The Balaban J connectivity index is 1.87. The van der Waals surface area contributed by atoms with Crippen LogP contribution in [0.5, 0.6) is 5.75 Å². The molecular formula is C19H17N3O2. The number of methoxy groups -OCH3 is 1. The van der Waals surface area contributed by atoms with Gasteiger partial charge < -0.3 is 10.5 Å². The molecule has 1 aliphatic heterocycles. The number of hydrogen-bond acceptors (Lipinski definition) is 4. The van der Waals surface area contributed by atoms with Gasteiger partial charge in [0, 0.05) is 12.2 Å². The molecule has 5 heteroatoms. The number of rotatable bonds is 2. The number of aromatic nitrogens is 2. The molecule has 5 nitrogen and oxygen atoms in total. The number of allylic oxidation sites excluding steroid dienone is 1. The number of benzene rings is 2. The summed E-state index contributed by atoms with van der Waals surface area (Å²) < 4.78 is 7.01. The van der Waals surface area contributed by atoms with Crippen LogP contribution >= 0.6 is 0 Å². The van der Waals surface area contributed by atoms with Gasteiger partial charge in [0.05, 0.1) is 18.0 Å². The summed E-state index contributed by atoms with van der Waals surface area (Å²) in [6.45, 7) is 0.650. The van der Waals surface area contributed by atoms with E-state index in [1.165, 1.54) is 0 Å². The zero-order valence-corrected chi connectivity index (χ0v) is 13.3. The van der Waals surface area contributed by atoms with Crippen molar-refractivity contribution in [1.82, 2.24) is 9.55 Å². The third-order valence-electron chi connectivity index (χ3n) is 4.31. The van der Waals surface area contributed by atoms with Gasteiger partial charge in [0.2, 0.25) is 0 Å². The summed E-state index contributed by atoms with van der Waals surface area (Å²) in [6.07, 6.45) is 2.84. The van der Waals surface area contributed by atoms with Crippen LogP contribution in [0.1, 0.15) is 17.8 Å². The van der Waals surface area contributed by atoms with Gasteiger partial charge in [0.15, 0.2) is 0 Å². The molecule has 0 unspecified atom stereocenters. The van der Waals surface area contributed by atoms with E-state index in [9.17, 15) is 4.79 Å². The van der Waals surface area contributed by atoms with Crippen molar-refractivity contribution in [3.63, 3.8) is 0 Å². The van der Waals surface area contributed by atoms with E-state index in [4.69, 9.17) is 10.5 Å². The molecule has 0 radical (unpaired) electrons. The maximum atomic E-state index is 12.7. The van der Waals surface area contributed by atoms with E-state index in [2.05, 4.69) is 11.1 Å².